The molecule has 40 heavy (non-hydrogen) atoms. The fourth-order valence-electron chi connectivity index (χ4n) is 4.06. The maximum atomic E-state index is 13.0. The Kier molecular flexibility index (Phi) is 9.81. The lowest BCUT2D eigenvalue weighted by Crippen LogP contribution is -2.57. The highest BCUT2D eigenvalue weighted by Crippen LogP contribution is 2.19. The Balaban J connectivity index is 1.67. The van der Waals surface area contributed by atoms with Gasteiger partial charge in [-0.25, -0.2) is 4.79 Å². The van der Waals surface area contributed by atoms with Crippen LogP contribution >= 0.6 is 0 Å². The highest BCUT2D eigenvalue weighted by molar-refractivity contribution is 5.95. The third-order valence-electron chi connectivity index (χ3n) is 6.23. The molecule has 0 radical (unpaired) electrons. The van der Waals surface area contributed by atoms with Gasteiger partial charge in [0.15, 0.2) is 0 Å². The summed E-state index contributed by atoms with van der Waals surface area (Å²) in [6.07, 6.45) is 1.25. The summed E-state index contributed by atoms with van der Waals surface area (Å²) in [6.45, 7) is 1.41. The number of rotatable bonds is 13. The minimum absolute atomic E-state index is 0.0125. The number of carbonyl (C=O) groups is 5. The smallest absolute Gasteiger partial charge is 0.326 e. The second-order valence-corrected chi connectivity index (χ2v) is 9.40. The SMILES string of the molecule is CC(NC(=O)C(N)Cc1c[nH]c2ccccc12)C(=O)NC(Cc1ccc(O)cc1)C(=O)NC(CC(N)=O)C(=O)O. The Bertz CT molecular complexity index is 1390. The minimum atomic E-state index is -1.61. The van der Waals surface area contributed by atoms with Gasteiger partial charge in [0.1, 0.15) is 23.9 Å². The van der Waals surface area contributed by atoms with Crippen LogP contribution in [0.2, 0.25) is 0 Å². The van der Waals surface area contributed by atoms with E-state index in [9.17, 15) is 34.2 Å². The van der Waals surface area contributed by atoms with Crippen molar-refractivity contribution < 1.29 is 34.2 Å². The number of fused-ring (bicyclic) bond motifs is 1. The van der Waals surface area contributed by atoms with Gasteiger partial charge in [-0.15, -0.1) is 0 Å². The minimum Gasteiger partial charge on any atom is -0.508 e. The fourth-order valence-corrected chi connectivity index (χ4v) is 4.06. The van der Waals surface area contributed by atoms with Crippen LogP contribution in [0.3, 0.4) is 0 Å². The molecule has 13 heteroatoms. The molecule has 1 aromatic heterocycles. The number of H-pyrrole nitrogens is 1. The monoisotopic (exact) mass is 552 g/mol. The Morgan fingerprint density at radius 1 is 0.875 bits per heavy atom. The Morgan fingerprint density at radius 3 is 2.17 bits per heavy atom. The van der Waals surface area contributed by atoms with Crippen LogP contribution in [0.4, 0.5) is 0 Å². The molecule has 13 nitrogen and oxygen atoms in total. The number of phenols is 1. The van der Waals surface area contributed by atoms with Gasteiger partial charge in [0.25, 0.3) is 0 Å². The lowest BCUT2D eigenvalue weighted by Gasteiger charge is -2.23. The number of carboxylic acids is 1. The number of aromatic nitrogens is 1. The van der Waals surface area contributed by atoms with Crippen LogP contribution in [0.25, 0.3) is 10.9 Å². The van der Waals surface area contributed by atoms with Crippen LogP contribution in [0.5, 0.6) is 5.75 Å². The van der Waals surface area contributed by atoms with Crippen molar-refractivity contribution in [3.8, 4) is 5.75 Å². The fraction of sp³-hybridized carbons (Fsp3) is 0.296. The number of nitrogens with one attached hydrogen (secondary N) is 4. The Hall–Kier alpha value is -4.91. The first-order valence-electron chi connectivity index (χ1n) is 12.4. The van der Waals surface area contributed by atoms with E-state index in [1.165, 1.54) is 31.2 Å². The van der Waals surface area contributed by atoms with E-state index in [4.69, 9.17) is 11.5 Å². The second kappa shape index (κ2) is 13.2. The third kappa shape index (κ3) is 8.04. The maximum absolute atomic E-state index is 13.0. The predicted octanol–water partition coefficient (Wildman–Crippen LogP) is -0.580. The highest BCUT2D eigenvalue weighted by Gasteiger charge is 2.30. The van der Waals surface area contributed by atoms with Gasteiger partial charge in [-0.05, 0) is 42.7 Å². The summed E-state index contributed by atoms with van der Waals surface area (Å²) in [7, 11) is 0. The quantitative estimate of drug-likeness (QED) is 0.136. The van der Waals surface area contributed by atoms with E-state index in [0.717, 1.165) is 16.5 Å². The van der Waals surface area contributed by atoms with Crippen LogP contribution in [0.1, 0.15) is 24.5 Å². The van der Waals surface area contributed by atoms with Crippen molar-refractivity contribution in [1.82, 2.24) is 20.9 Å². The number of carboxylic acid groups (broad SMARTS) is 1. The zero-order valence-corrected chi connectivity index (χ0v) is 21.7. The number of primary amides is 1. The normalized spacial score (nSPS) is 13.9. The van der Waals surface area contributed by atoms with Crippen molar-refractivity contribution >= 4 is 40.5 Å². The van der Waals surface area contributed by atoms with Crippen LogP contribution in [0, 0.1) is 0 Å². The van der Waals surface area contributed by atoms with Crippen molar-refractivity contribution in [1.29, 1.82) is 0 Å². The number of phenolic OH excluding ortho intramolecular Hbond substituents is 1. The van der Waals surface area contributed by atoms with E-state index < -0.39 is 60.2 Å². The average Bonchev–Trinajstić information content (AvgIpc) is 3.31. The van der Waals surface area contributed by atoms with Gasteiger partial charge >= 0.3 is 5.97 Å². The van der Waals surface area contributed by atoms with Gasteiger partial charge in [-0.3, -0.25) is 19.2 Å². The number of aliphatic carboxylic acids is 1. The molecule has 0 spiro atoms. The molecule has 0 aliphatic heterocycles. The van der Waals surface area contributed by atoms with E-state index >= 15 is 0 Å². The highest BCUT2D eigenvalue weighted by atomic mass is 16.4. The molecule has 3 aromatic rings. The van der Waals surface area contributed by atoms with Gasteiger partial charge in [0.05, 0.1) is 12.5 Å². The number of para-hydroxylation sites is 1. The summed E-state index contributed by atoms with van der Waals surface area (Å²) in [6, 6.07) is 8.41. The molecule has 0 saturated carbocycles. The summed E-state index contributed by atoms with van der Waals surface area (Å²) in [5.74, 6) is -4.63. The van der Waals surface area contributed by atoms with Crippen molar-refractivity contribution in [2.45, 2.75) is 50.4 Å². The van der Waals surface area contributed by atoms with E-state index in [0.29, 0.717) is 5.56 Å². The molecule has 0 fully saturated rings. The largest absolute Gasteiger partial charge is 0.508 e. The van der Waals surface area contributed by atoms with E-state index in [-0.39, 0.29) is 18.6 Å². The number of hydrogen-bond acceptors (Lipinski definition) is 7. The zero-order chi connectivity index (χ0) is 29.4. The summed E-state index contributed by atoms with van der Waals surface area (Å²) in [5, 5.41) is 27.1. The molecular formula is C27H32N6O7. The van der Waals surface area contributed by atoms with Crippen molar-refractivity contribution in [2.24, 2.45) is 11.5 Å². The van der Waals surface area contributed by atoms with Gasteiger partial charge in [0.2, 0.25) is 23.6 Å². The van der Waals surface area contributed by atoms with Crippen molar-refractivity contribution in [3.63, 3.8) is 0 Å². The number of amides is 4. The Labute approximate surface area is 229 Å². The second-order valence-electron chi connectivity index (χ2n) is 9.40. The van der Waals surface area contributed by atoms with Crippen molar-refractivity contribution in [2.75, 3.05) is 0 Å². The van der Waals surface area contributed by atoms with Crippen LogP contribution in [0.15, 0.2) is 54.7 Å². The van der Waals surface area contributed by atoms with Gasteiger partial charge in [-0.2, -0.15) is 0 Å². The first-order valence-corrected chi connectivity index (χ1v) is 12.4. The molecule has 3 rings (SSSR count). The van der Waals surface area contributed by atoms with Crippen molar-refractivity contribution in [3.05, 3.63) is 65.9 Å². The van der Waals surface area contributed by atoms with Crippen LogP contribution < -0.4 is 27.4 Å². The first-order chi connectivity index (χ1) is 18.9. The zero-order valence-electron chi connectivity index (χ0n) is 21.7. The van der Waals surface area contributed by atoms with E-state index in [2.05, 4.69) is 20.9 Å². The maximum Gasteiger partial charge on any atom is 0.326 e. The summed E-state index contributed by atoms with van der Waals surface area (Å²) < 4.78 is 0. The number of benzene rings is 2. The molecule has 10 N–H and O–H groups in total. The molecule has 0 bridgehead atoms. The lowest BCUT2D eigenvalue weighted by molar-refractivity contribution is -0.143. The number of hydrogen-bond donors (Lipinski definition) is 8. The predicted molar refractivity (Wildman–Crippen MR) is 145 cm³/mol. The van der Waals surface area contributed by atoms with Crippen LogP contribution in [-0.4, -0.2) is 69.0 Å². The first kappa shape index (κ1) is 29.6. The number of aromatic amines is 1. The summed E-state index contributed by atoms with van der Waals surface area (Å²) in [4.78, 5) is 64.5. The molecular weight excluding hydrogens is 520 g/mol. The van der Waals surface area contributed by atoms with Crippen LogP contribution in [-0.2, 0) is 36.8 Å². The number of carbonyl (C=O) groups excluding carboxylic acids is 4. The molecule has 4 amide bonds. The van der Waals surface area contributed by atoms with E-state index in [1.54, 1.807) is 6.20 Å². The average molecular weight is 553 g/mol. The molecule has 4 unspecified atom stereocenters. The van der Waals surface area contributed by atoms with Gasteiger partial charge in [0, 0.05) is 23.5 Å². The topological polar surface area (TPSA) is 230 Å². The molecule has 0 saturated heterocycles. The summed E-state index contributed by atoms with van der Waals surface area (Å²) >= 11 is 0. The molecule has 0 aliphatic rings. The third-order valence-corrected chi connectivity index (χ3v) is 6.23. The molecule has 212 valence electrons. The number of nitrogens with two attached hydrogens (primary N) is 2. The van der Waals surface area contributed by atoms with Gasteiger partial charge in [-0.1, -0.05) is 30.3 Å². The van der Waals surface area contributed by atoms with Gasteiger partial charge < -0.3 is 42.6 Å². The molecule has 2 aromatic carbocycles. The lowest BCUT2D eigenvalue weighted by atomic mass is 10.0. The number of aromatic hydroxyl groups is 1. The molecule has 0 aliphatic carbocycles. The molecule has 4 atom stereocenters. The van der Waals surface area contributed by atoms with E-state index in [1.807, 2.05) is 24.3 Å². The Morgan fingerprint density at radius 2 is 1.52 bits per heavy atom. The summed E-state index contributed by atoms with van der Waals surface area (Å²) in [5.41, 5.74) is 13.5. The standard InChI is InChI=1S/C27H32N6O7/c1-14(31-25(37)19(28)11-16-13-30-20-5-3-2-4-18(16)20)24(36)32-21(10-15-6-8-17(34)9-7-15)26(38)33-22(27(39)40)12-23(29)35/h2-9,13-14,19,21-22,30,34H,10-12,28H2,1H3,(H2,29,35)(H,31,37)(H,32,36)(H,33,38)(H,39,40). The molecule has 1 heterocycles.